The first-order chi connectivity index (χ1) is 9.19. The molecule has 1 aromatic carbocycles. The largest absolute Gasteiger partial charge is 0.417 e. The van der Waals surface area contributed by atoms with E-state index >= 15 is 0 Å². The first-order valence-corrected chi connectivity index (χ1v) is 5.30. The average Bonchev–Trinajstić information content (AvgIpc) is 2.37. The van der Waals surface area contributed by atoms with Gasteiger partial charge in [0, 0.05) is 11.8 Å². The van der Waals surface area contributed by atoms with Crippen molar-refractivity contribution in [2.45, 2.75) is 12.4 Å². The maximum absolute atomic E-state index is 12.7. The molecule has 7 heteroatoms. The minimum atomic E-state index is -5.10. The Bertz CT molecular complexity index is 600. The maximum atomic E-state index is 12.7. The Labute approximate surface area is 109 Å². The van der Waals surface area contributed by atoms with Crippen molar-refractivity contribution < 1.29 is 26.3 Å². The molecule has 0 atom stereocenters. The van der Waals surface area contributed by atoms with Crippen LogP contribution in [-0.2, 0) is 12.4 Å². The highest BCUT2D eigenvalue weighted by Gasteiger charge is 2.43. The molecule has 0 bridgehead atoms. The van der Waals surface area contributed by atoms with E-state index in [4.69, 9.17) is 0 Å². The molecule has 0 unspecified atom stereocenters. The van der Waals surface area contributed by atoms with Crippen LogP contribution in [-0.4, -0.2) is 4.98 Å². The van der Waals surface area contributed by atoms with Crippen LogP contribution in [0.5, 0.6) is 0 Å². The average molecular weight is 290 g/mol. The van der Waals surface area contributed by atoms with Crippen molar-refractivity contribution in [2.24, 2.45) is 0 Å². The van der Waals surface area contributed by atoms with Gasteiger partial charge in [0.15, 0.2) is 0 Å². The summed E-state index contributed by atoms with van der Waals surface area (Å²) in [6.45, 7) is 0. The van der Waals surface area contributed by atoms with Crippen LogP contribution in [0.2, 0.25) is 0 Å². The second-order valence-electron chi connectivity index (χ2n) is 3.90. The molecule has 0 saturated heterocycles. The van der Waals surface area contributed by atoms with Crippen molar-refractivity contribution in [3.63, 3.8) is 0 Å². The van der Waals surface area contributed by atoms with Crippen LogP contribution in [0.1, 0.15) is 11.1 Å². The first kappa shape index (κ1) is 14.4. The third-order valence-electron chi connectivity index (χ3n) is 2.53. The third-order valence-corrected chi connectivity index (χ3v) is 2.53. The normalized spacial score (nSPS) is 12.5. The van der Waals surface area contributed by atoms with Crippen molar-refractivity contribution in [3.05, 3.63) is 53.7 Å². The predicted octanol–water partition coefficient (Wildman–Crippen LogP) is 4.59. The summed E-state index contributed by atoms with van der Waals surface area (Å²) in [7, 11) is 0. The van der Waals surface area contributed by atoms with Gasteiger partial charge in [-0.2, -0.15) is 26.3 Å². The Kier molecular flexibility index (Phi) is 3.45. The quantitative estimate of drug-likeness (QED) is 0.700. The molecule has 0 spiro atoms. The minimum absolute atomic E-state index is 0.0535. The highest BCUT2D eigenvalue weighted by Crippen LogP contribution is 2.41. The smallest absolute Gasteiger partial charge is 0.256 e. The molecular weight excluding hydrogens is 284 g/mol. The fourth-order valence-electron chi connectivity index (χ4n) is 1.67. The van der Waals surface area contributed by atoms with Crippen LogP contribution in [0.4, 0.5) is 26.3 Å². The third kappa shape index (κ3) is 2.92. The molecule has 2 rings (SSSR count). The number of benzene rings is 1. The van der Waals surface area contributed by atoms with E-state index < -0.39 is 23.5 Å². The van der Waals surface area contributed by atoms with Crippen molar-refractivity contribution in [2.75, 3.05) is 0 Å². The number of pyridine rings is 1. The van der Waals surface area contributed by atoms with Gasteiger partial charge < -0.3 is 0 Å². The predicted molar refractivity (Wildman–Crippen MR) is 58.5 cm³/mol. The molecule has 0 N–H and O–H groups in total. The van der Waals surface area contributed by atoms with Gasteiger partial charge in [0.1, 0.15) is 0 Å². The van der Waals surface area contributed by atoms with E-state index in [9.17, 15) is 26.3 Å². The van der Waals surface area contributed by atoms with Gasteiger partial charge in [0.25, 0.3) is 0 Å². The molecule has 20 heavy (non-hydrogen) atoms. The molecule has 0 amide bonds. The van der Waals surface area contributed by atoms with Crippen LogP contribution in [0, 0.1) is 6.07 Å². The van der Waals surface area contributed by atoms with Gasteiger partial charge in [0.05, 0.1) is 16.8 Å². The zero-order chi connectivity index (χ0) is 15.0. The Hall–Kier alpha value is -2.05. The molecule has 0 aliphatic heterocycles. The van der Waals surface area contributed by atoms with E-state index in [0.29, 0.717) is 12.1 Å². The number of alkyl halides is 6. The molecule has 2 aromatic rings. The van der Waals surface area contributed by atoms with Gasteiger partial charge in [-0.3, -0.25) is 4.98 Å². The number of rotatable bonds is 1. The standard InChI is InChI=1S/C13H6F6N/c14-12(15,16)9-5-4-8(7-10(9)13(17,18)19)11-3-1-2-6-20-11/h2-7H. The topological polar surface area (TPSA) is 12.9 Å². The molecule has 0 aliphatic rings. The summed E-state index contributed by atoms with van der Waals surface area (Å²) < 4.78 is 76.0. The summed E-state index contributed by atoms with van der Waals surface area (Å²) in [6, 6.07) is 7.13. The van der Waals surface area contributed by atoms with Crippen molar-refractivity contribution in [3.8, 4) is 11.3 Å². The summed E-state index contributed by atoms with van der Waals surface area (Å²) in [6.07, 6.45) is -8.88. The van der Waals surface area contributed by atoms with Crippen molar-refractivity contribution in [1.29, 1.82) is 0 Å². The minimum Gasteiger partial charge on any atom is -0.256 e. The lowest BCUT2D eigenvalue weighted by Crippen LogP contribution is -2.16. The van der Waals surface area contributed by atoms with Gasteiger partial charge in [-0.1, -0.05) is 6.07 Å². The second-order valence-corrected chi connectivity index (χ2v) is 3.90. The molecular formula is C13H6F6N. The molecule has 0 aliphatic carbocycles. The Morgan fingerprint density at radius 1 is 0.900 bits per heavy atom. The molecule has 1 radical (unpaired) electrons. The maximum Gasteiger partial charge on any atom is 0.417 e. The van der Waals surface area contributed by atoms with Gasteiger partial charge in [0.2, 0.25) is 0 Å². The monoisotopic (exact) mass is 290 g/mol. The van der Waals surface area contributed by atoms with Gasteiger partial charge in [-0.05, 0) is 30.3 Å². The SMILES string of the molecule is FC(F)(F)c1ccc(-c2c[c]ccn2)cc1C(F)(F)F. The highest BCUT2D eigenvalue weighted by molar-refractivity contribution is 5.61. The van der Waals surface area contributed by atoms with E-state index in [1.807, 2.05) is 0 Å². The van der Waals surface area contributed by atoms with Gasteiger partial charge >= 0.3 is 12.4 Å². The lowest BCUT2D eigenvalue weighted by atomic mass is 10.0. The van der Waals surface area contributed by atoms with Crippen molar-refractivity contribution >= 4 is 0 Å². The number of aromatic nitrogens is 1. The van der Waals surface area contributed by atoms with Gasteiger partial charge in [-0.15, -0.1) is 0 Å². The molecule has 1 nitrogen and oxygen atoms in total. The molecule has 0 saturated carbocycles. The number of hydrogen-bond donors (Lipinski definition) is 0. The van der Waals surface area contributed by atoms with Gasteiger partial charge in [-0.25, -0.2) is 0 Å². The fraction of sp³-hybridized carbons (Fsp3) is 0.154. The van der Waals surface area contributed by atoms with Crippen LogP contribution < -0.4 is 0 Å². The molecule has 1 heterocycles. The van der Waals surface area contributed by atoms with Crippen LogP contribution in [0.3, 0.4) is 0 Å². The lowest BCUT2D eigenvalue weighted by molar-refractivity contribution is -0.162. The van der Waals surface area contributed by atoms with Crippen LogP contribution in [0.25, 0.3) is 11.3 Å². The lowest BCUT2D eigenvalue weighted by Gasteiger charge is -2.16. The summed E-state index contributed by atoms with van der Waals surface area (Å²) in [5.74, 6) is 0. The van der Waals surface area contributed by atoms with E-state index in [1.165, 1.54) is 18.3 Å². The zero-order valence-electron chi connectivity index (χ0n) is 9.68. The molecule has 105 valence electrons. The zero-order valence-corrected chi connectivity index (χ0v) is 9.68. The highest BCUT2D eigenvalue weighted by atomic mass is 19.4. The first-order valence-electron chi connectivity index (χ1n) is 5.30. The van der Waals surface area contributed by atoms with E-state index in [2.05, 4.69) is 11.1 Å². The van der Waals surface area contributed by atoms with E-state index in [-0.39, 0.29) is 11.3 Å². The fourth-order valence-corrected chi connectivity index (χ4v) is 1.67. The van der Waals surface area contributed by atoms with E-state index in [1.54, 1.807) is 0 Å². The Balaban J connectivity index is 2.62. The number of hydrogen-bond acceptors (Lipinski definition) is 1. The van der Waals surface area contributed by atoms with Crippen LogP contribution >= 0.6 is 0 Å². The Morgan fingerprint density at radius 2 is 1.55 bits per heavy atom. The summed E-state index contributed by atoms with van der Waals surface area (Å²) >= 11 is 0. The molecule has 0 fully saturated rings. The summed E-state index contributed by atoms with van der Waals surface area (Å²) in [5, 5.41) is 0. The number of halogens is 6. The molecule has 1 aromatic heterocycles. The summed E-state index contributed by atoms with van der Waals surface area (Å²) in [5.41, 5.74) is -3.38. The Morgan fingerprint density at radius 3 is 2.05 bits per heavy atom. The van der Waals surface area contributed by atoms with E-state index in [0.717, 1.165) is 6.07 Å². The number of nitrogens with zero attached hydrogens (tertiary/aromatic N) is 1. The van der Waals surface area contributed by atoms with Crippen molar-refractivity contribution in [1.82, 2.24) is 4.98 Å². The van der Waals surface area contributed by atoms with Crippen LogP contribution in [0.15, 0.2) is 36.5 Å². The summed E-state index contributed by atoms with van der Waals surface area (Å²) in [4.78, 5) is 3.78. The second kappa shape index (κ2) is 4.81.